The van der Waals surface area contributed by atoms with E-state index in [-0.39, 0.29) is 5.91 Å². The zero-order chi connectivity index (χ0) is 11.1. The van der Waals surface area contributed by atoms with Crippen LogP contribution in [0.5, 0.6) is 0 Å². The van der Waals surface area contributed by atoms with Gasteiger partial charge in [-0.3, -0.25) is 4.79 Å². The molecule has 15 heavy (non-hydrogen) atoms. The van der Waals surface area contributed by atoms with Gasteiger partial charge >= 0.3 is 0 Å². The van der Waals surface area contributed by atoms with Crippen LogP contribution in [0.2, 0.25) is 0 Å². The Balaban J connectivity index is 2.14. The average molecular weight is 208 g/mol. The average Bonchev–Trinajstić information content (AvgIpc) is 2.69. The summed E-state index contributed by atoms with van der Waals surface area (Å²) in [6.07, 6.45) is 5.41. The third-order valence-corrected chi connectivity index (χ3v) is 1.86. The quantitative estimate of drug-likeness (QED) is 0.733. The van der Waals surface area contributed by atoms with Gasteiger partial charge in [-0.15, -0.1) is 0 Å². The summed E-state index contributed by atoms with van der Waals surface area (Å²) in [5.74, 6) is 0.886. The zero-order valence-electron chi connectivity index (χ0n) is 9.06. The first-order chi connectivity index (χ1) is 7.20. The molecule has 0 radical (unpaired) electrons. The van der Waals surface area contributed by atoms with Crippen molar-refractivity contribution in [3.63, 3.8) is 0 Å². The second-order valence-corrected chi connectivity index (χ2v) is 3.34. The Labute approximate surface area is 89.6 Å². The van der Waals surface area contributed by atoms with Gasteiger partial charge in [0.1, 0.15) is 5.76 Å². The van der Waals surface area contributed by atoms with Gasteiger partial charge in [0.05, 0.1) is 12.8 Å². The van der Waals surface area contributed by atoms with Crippen LogP contribution in [-0.4, -0.2) is 38.0 Å². The fourth-order valence-electron chi connectivity index (χ4n) is 0.982. The van der Waals surface area contributed by atoms with E-state index in [4.69, 9.17) is 4.42 Å². The molecule has 1 aromatic heterocycles. The molecule has 1 aromatic rings. The van der Waals surface area contributed by atoms with E-state index in [0.717, 1.165) is 5.76 Å². The van der Waals surface area contributed by atoms with Crippen molar-refractivity contribution in [3.8, 4) is 0 Å². The lowest BCUT2D eigenvalue weighted by Gasteiger charge is -2.09. The van der Waals surface area contributed by atoms with Crippen molar-refractivity contribution in [2.24, 2.45) is 0 Å². The molecular formula is C11H16N2O2. The number of hydrogen-bond donors (Lipinski definition) is 1. The normalized spacial score (nSPS) is 10.8. The van der Waals surface area contributed by atoms with E-state index in [9.17, 15) is 4.79 Å². The summed E-state index contributed by atoms with van der Waals surface area (Å²) < 4.78 is 5.11. The number of nitrogens with one attached hydrogen (secondary N) is 1. The second kappa shape index (κ2) is 6.03. The number of hydrogen-bond acceptors (Lipinski definition) is 3. The number of carbonyl (C=O) groups is 1. The highest BCUT2D eigenvalue weighted by atomic mass is 16.3. The molecule has 4 heteroatoms. The number of furan rings is 1. The van der Waals surface area contributed by atoms with Gasteiger partial charge in [-0.1, -0.05) is 6.08 Å². The summed E-state index contributed by atoms with van der Waals surface area (Å²) in [6.45, 7) is 1.01. The Morgan fingerprint density at radius 1 is 1.60 bits per heavy atom. The molecule has 1 amide bonds. The highest BCUT2D eigenvalue weighted by Gasteiger charge is 2.00. The molecule has 0 aliphatic heterocycles. The van der Waals surface area contributed by atoms with Gasteiger partial charge in [0.25, 0.3) is 0 Å². The molecule has 0 fully saturated rings. The van der Waals surface area contributed by atoms with E-state index < -0.39 is 0 Å². The van der Waals surface area contributed by atoms with E-state index in [1.807, 2.05) is 24.3 Å². The van der Waals surface area contributed by atoms with Gasteiger partial charge in [-0.2, -0.15) is 0 Å². The maximum absolute atomic E-state index is 11.2. The van der Waals surface area contributed by atoms with E-state index in [1.165, 1.54) is 0 Å². The molecule has 0 saturated heterocycles. The predicted octanol–water partition coefficient (Wildman–Crippen LogP) is 0.971. The minimum absolute atomic E-state index is 0.0707. The minimum atomic E-state index is 0.0707. The van der Waals surface area contributed by atoms with Crippen LogP contribution in [0.3, 0.4) is 0 Å². The Hall–Kier alpha value is -1.55. The molecule has 1 rings (SSSR count). The summed E-state index contributed by atoms with van der Waals surface area (Å²) in [6, 6.07) is 3.71. The summed E-state index contributed by atoms with van der Waals surface area (Å²) in [5.41, 5.74) is 0. The molecule has 0 saturated carbocycles. The van der Waals surface area contributed by atoms with Crippen molar-refractivity contribution in [2.75, 3.05) is 27.2 Å². The van der Waals surface area contributed by atoms with Crippen LogP contribution >= 0.6 is 0 Å². The molecule has 0 bridgehead atoms. The molecular weight excluding hydrogens is 192 g/mol. The molecule has 0 unspecified atom stereocenters. The zero-order valence-corrected chi connectivity index (χ0v) is 9.06. The molecule has 1 N–H and O–H groups in total. The predicted molar refractivity (Wildman–Crippen MR) is 59.3 cm³/mol. The molecule has 1 heterocycles. The molecule has 82 valence electrons. The first kappa shape index (κ1) is 11.5. The lowest BCUT2D eigenvalue weighted by molar-refractivity contribution is -0.127. The van der Waals surface area contributed by atoms with Gasteiger partial charge in [0, 0.05) is 20.6 Å². The Morgan fingerprint density at radius 3 is 3.00 bits per heavy atom. The highest BCUT2D eigenvalue weighted by molar-refractivity contribution is 5.77. The Bertz CT molecular complexity index is 315. The fraction of sp³-hybridized carbons (Fsp3) is 0.364. The van der Waals surface area contributed by atoms with Crippen LogP contribution < -0.4 is 5.32 Å². The summed E-state index contributed by atoms with van der Waals surface area (Å²) in [5, 5.41) is 3.01. The summed E-state index contributed by atoms with van der Waals surface area (Å²) >= 11 is 0. The van der Waals surface area contributed by atoms with Crippen molar-refractivity contribution >= 4 is 12.0 Å². The van der Waals surface area contributed by atoms with Crippen molar-refractivity contribution in [3.05, 3.63) is 30.2 Å². The third-order valence-electron chi connectivity index (χ3n) is 1.86. The third kappa shape index (κ3) is 4.46. The maximum atomic E-state index is 11.2. The van der Waals surface area contributed by atoms with Crippen molar-refractivity contribution in [1.82, 2.24) is 10.2 Å². The molecule has 0 spiro atoms. The monoisotopic (exact) mass is 208 g/mol. The minimum Gasteiger partial charge on any atom is -0.465 e. The SMILES string of the molecule is CN(C)C(=O)CNC/C=C/c1ccco1. The number of likely N-dealkylation sites (N-methyl/N-ethyl adjacent to an activating group) is 1. The van der Waals surface area contributed by atoms with Crippen LogP contribution in [0, 0.1) is 0 Å². The molecule has 0 atom stereocenters. The van der Waals surface area contributed by atoms with Crippen molar-refractivity contribution < 1.29 is 9.21 Å². The van der Waals surface area contributed by atoms with Crippen molar-refractivity contribution in [1.29, 1.82) is 0 Å². The molecule has 4 nitrogen and oxygen atoms in total. The summed E-state index contributed by atoms with van der Waals surface area (Å²) in [7, 11) is 3.48. The maximum Gasteiger partial charge on any atom is 0.236 e. The van der Waals surface area contributed by atoms with Gasteiger partial charge < -0.3 is 14.6 Å². The second-order valence-electron chi connectivity index (χ2n) is 3.34. The van der Waals surface area contributed by atoms with Crippen LogP contribution in [0.1, 0.15) is 5.76 Å². The van der Waals surface area contributed by atoms with E-state index in [2.05, 4.69) is 5.32 Å². The van der Waals surface area contributed by atoms with Crippen molar-refractivity contribution in [2.45, 2.75) is 0 Å². The molecule has 0 aliphatic rings. The van der Waals surface area contributed by atoms with Crippen LogP contribution in [0.15, 0.2) is 28.9 Å². The largest absolute Gasteiger partial charge is 0.465 e. The van der Waals surface area contributed by atoms with E-state index in [1.54, 1.807) is 25.3 Å². The van der Waals surface area contributed by atoms with Crippen LogP contribution in [0.25, 0.3) is 6.08 Å². The lowest BCUT2D eigenvalue weighted by atomic mass is 10.4. The van der Waals surface area contributed by atoms with E-state index >= 15 is 0 Å². The summed E-state index contributed by atoms with van der Waals surface area (Å²) in [4.78, 5) is 12.7. The van der Waals surface area contributed by atoms with Gasteiger partial charge in [0.15, 0.2) is 0 Å². The number of carbonyl (C=O) groups excluding carboxylic acids is 1. The smallest absolute Gasteiger partial charge is 0.236 e. The first-order valence-electron chi connectivity index (χ1n) is 4.81. The van der Waals surface area contributed by atoms with Crippen LogP contribution in [0.4, 0.5) is 0 Å². The van der Waals surface area contributed by atoms with Gasteiger partial charge in [-0.25, -0.2) is 0 Å². The van der Waals surface area contributed by atoms with Gasteiger partial charge in [-0.05, 0) is 18.2 Å². The number of amides is 1. The highest BCUT2D eigenvalue weighted by Crippen LogP contribution is 2.01. The number of rotatable bonds is 5. The topological polar surface area (TPSA) is 45.5 Å². The molecule has 0 aromatic carbocycles. The van der Waals surface area contributed by atoms with E-state index in [0.29, 0.717) is 13.1 Å². The number of nitrogens with zero attached hydrogens (tertiary/aromatic N) is 1. The Kier molecular flexibility index (Phi) is 4.63. The first-order valence-corrected chi connectivity index (χ1v) is 4.81. The Morgan fingerprint density at radius 2 is 2.40 bits per heavy atom. The molecule has 0 aliphatic carbocycles. The van der Waals surface area contributed by atoms with Gasteiger partial charge in [0.2, 0.25) is 5.91 Å². The van der Waals surface area contributed by atoms with Crippen LogP contribution in [-0.2, 0) is 4.79 Å². The lowest BCUT2D eigenvalue weighted by Crippen LogP contribution is -2.32. The fourth-order valence-corrected chi connectivity index (χ4v) is 0.982. The standard InChI is InChI=1S/C11H16N2O2/c1-13(2)11(14)9-12-7-3-5-10-6-4-8-15-10/h3-6,8,12H,7,9H2,1-2H3/b5-3+.